The molecule has 1 fully saturated rings. The Morgan fingerprint density at radius 2 is 1.81 bits per heavy atom. The van der Waals surface area contributed by atoms with Crippen LogP contribution >= 0.6 is 24.8 Å². The summed E-state index contributed by atoms with van der Waals surface area (Å²) in [4.78, 5) is 25.3. The largest absolute Gasteiger partial charge is 0.398 e. The molecule has 2 N–H and O–H groups in total. The standard InChI is InChI=1S/C17H19N7O.2ClH/c1-12-10-15(24-17(21-12)19-11-20-24)22-6-8-23(9-7-22)16(25)13-4-2-3-5-14(13)18;;/h2-5,10-11H,6-9,18H2,1H3;2*1H. The molecule has 0 aliphatic carbocycles. The highest BCUT2D eigenvalue weighted by Crippen LogP contribution is 2.20. The number of aryl methyl sites for hydroxylation is 1. The van der Waals surface area contributed by atoms with E-state index in [-0.39, 0.29) is 30.7 Å². The van der Waals surface area contributed by atoms with Gasteiger partial charge in [-0.1, -0.05) is 12.1 Å². The monoisotopic (exact) mass is 409 g/mol. The fourth-order valence-corrected chi connectivity index (χ4v) is 3.14. The lowest BCUT2D eigenvalue weighted by molar-refractivity contribution is 0.0747. The topological polar surface area (TPSA) is 92.7 Å². The Morgan fingerprint density at radius 1 is 1.11 bits per heavy atom. The van der Waals surface area contributed by atoms with E-state index in [1.165, 1.54) is 6.33 Å². The van der Waals surface area contributed by atoms with Gasteiger partial charge in [-0.25, -0.2) is 4.98 Å². The third-order valence-electron chi connectivity index (χ3n) is 4.44. The predicted molar refractivity (Wildman–Crippen MR) is 109 cm³/mol. The molecule has 0 spiro atoms. The van der Waals surface area contributed by atoms with Crippen molar-refractivity contribution in [2.24, 2.45) is 0 Å². The molecule has 4 rings (SSSR count). The summed E-state index contributed by atoms with van der Waals surface area (Å²) in [7, 11) is 0. The molecule has 3 aromatic rings. The molecule has 0 unspecified atom stereocenters. The molecule has 27 heavy (non-hydrogen) atoms. The molecule has 2 aromatic heterocycles. The summed E-state index contributed by atoms with van der Waals surface area (Å²) >= 11 is 0. The summed E-state index contributed by atoms with van der Waals surface area (Å²) < 4.78 is 1.74. The first-order valence-corrected chi connectivity index (χ1v) is 8.19. The minimum absolute atomic E-state index is 0. The smallest absolute Gasteiger partial charge is 0.256 e. The number of piperazine rings is 1. The summed E-state index contributed by atoms with van der Waals surface area (Å²) in [6, 6.07) is 9.19. The zero-order valence-electron chi connectivity index (χ0n) is 14.8. The zero-order chi connectivity index (χ0) is 17.4. The van der Waals surface area contributed by atoms with Crippen LogP contribution in [0.2, 0.25) is 0 Å². The molecule has 10 heteroatoms. The maximum absolute atomic E-state index is 12.7. The lowest BCUT2D eigenvalue weighted by Crippen LogP contribution is -2.49. The summed E-state index contributed by atoms with van der Waals surface area (Å²) in [6.45, 7) is 4.64. The van der Waals surface area contributed by atoms with Gasteiger partial charge < -0.3 is 15.5 Å². The van der Waals surface area contributed by atoms with Crippen LogP contribution in [-0.4, -0.2) is 56.6 Å². The summed E-state index contributed by atoms with van der Waals surface area (Å²) in [5.41, 5.74) is 7.91. The molecular formula is C17H21Cl2N7O. The number of hydrogen-bond acceptors (Lipinski definition) is 6. The van der Waals surface area contributed by atoms with E-state index in [2.05, 4.69) is 20.0 Å². The maximum Gasteiger partial charge on any atom is 0.256 e. The number of aromatic nitrogens is 4. The number of rotatable bonds is 2. The molecular weight excluding hydrogens is 389 g/mol. The second kappa shape index (κ2) is 8.41. The highest BCUT2D eigenvalue weighted by molar-refractivity contribution is 5.99. The van der Waals surface area contributed by atoms with Gasteiger partial charge in [-0.05, 0) is 19.1 Å². The van der Waals surface area contributed by atoms with E-state index in [4.69, 9.17) is 5.73 Å². The van der Waals surface area contributed by atoms with Crippen LogP contribution in [0.4, 0.5) is 11.5 Å². The van der Waals surface area contributed by atoms with Gasteiger partial charge in [-0.3, -0.25) is 4.79 Å². The number of anilines is 2. The highest BCUT2D eigenvalue weighted by Gasteiger charge is 2.25. The lowest BCUT2D eigenvalue weighted by Gasteiger charge is -2.36. The molecule has 0 atom stereocenters. The number of para-hydroxylation sites is 1. The number of nitrogens with zero attached hydrogens (tertiary/aromatic N) is 6. The van der Waals surface area contributed by atoms with Gasteiger partial charge in [0.05, 0.1) is 5.56 Å². The van der Waals surface area contributed by atoms with Crippen LogP contribution in [-0.2, 0) is 0 Å². The van der Waals surface area contributed by atoms with Crippen molar-refractivity contribution in [3.63, 3.8) is 0 Å². The van der Waals surface area contributed by atoms with E-state index in [9.17, 15) is 4.79 Å². The Morgan fingerprint density at radius 3 is 2.52 bits per heavy atom. The van der Waals surface area contributed by atoms with E-state index in [1.807, 2.05) is 30.0 Å². The number of carbonyl (C=O) groups excluding carboxylic acids is 1. The van der Waals surface area contributed by atoms with Gasteiger partial charge in [0.15, 0.2) is 0 Å². The molecule has 0 radical (unpaired) electrons. The SMILES string of the molecule is Cc1cc(N2CCN(C(=O)c3ccccc3N)CC2)n2ncnc2n1.Cl.Cl. The second-order valence-corrected chi connectivity index (χ2v) is 6.09. The minimum Gasteiger partial charge on any atom is -0.398 e. The normalized spacial score (nSPS) is 13.8. The molecule has 144 valence electrons. The zero-order valence-corrected chi connectivity index (χ0v) is 16.4. The number of amides is 1. The van der Waals surface area contributed by atoms with Crippen molar-refractivity contribution in [3.05, 3.63) is 47.9 Å². The molecule has 1 aliphatic heterocycles. The van der Waals surface area contributed by atoms with Crippen molar-refractivity contribution in [2.75, 3.05) is 36.8 Å². The van der Waals surface area contributed by atoms with Crippen LogP contribution in [0.15, 0.2) is 36.7 Å². The maximum atomic E-state index is 12.7. The van der Waals surface area contributed by atoms with Crippen molar-refractivity contribution in [1.29, 1.82) is 0 Å². The number of benzene rings is 1. The van der Waals surface area contributed by atoms with E-state index in [0.717, 1.165) is 24.6 Å². The van der Waals surface area contributed by atoms with Crippen molar-refractivity contribution in [2.45, 2.75) is 6.92 Å². The first-order valence-electron chi connectivity index (χ1n) is 8.19. The third-order valence-corrected chi connectivity index (χ3v) is 4.44. The number of nitrogens with two attached hydrogens (primary N) is 1. The van der Waals surface area contributed by atoms with Crippen LogP contribution in [0.3, 0.4) is 0 Å². The van der Waals surface area contributed by atoms with Crippen LogP contribution in [0, 0.1) is 6.92 Å². The number of hydrogen-bond donors (Lipinski definition) is 1. The van der Waals surface area contributed by atoms with E-state index < -0.39 is 0 Å². The second-order valence-electron chi connectivity index (χ2n) is 6.09. The Hall–Kier alpha value is -2.58. The fraction of sp³-hybridized carbons (Fsp3) is 0.294. The molecule has 1 saturated heterocycles. The van der Waals surface area contributed by atoms with Crippen molar-refractivity contribution >= 4 is 48.0 Å². The van der Waals surface area contributed by atoms with E-state index in [1.54, 1.807) is 16.6 Å². The van der Waals surface area contributed by atoms with Crippen molar-refractivity contribution < 1.29 is 4.79 Å². The minimum atomic E-state index is -0.0189. The summed E-state index contributed by atoms with van der Waals surface area (Å²) in [5.74, 6) is 1.52. The highest BCUT2D eigenvalue weighted by atomic mass is 35.5. The summed E-state index contributed by atoms with van der Waals surface area (Å²) in [6.07, 6.45) is 1.50. The average molecular weight is 410 g/mol. The molecule has 0 bridgehead atoms. The number of carbonyl (C=O) groups is 1. The van der Waals surface area contributed by atoms with Crippen LogP contribution in [0.5, 0.6) is 0 Å². The molecule has 0 saturated carbocycles. The van der Waals surface area contributed by atoms with Gasteiger partial charge in [0.25, 0.3) is 11.7 Å². The molecule has 1 amide bonds. The molecule has 8 nitrogen and oxygen atoms in total. The number of nitrogen functional groups attached to an aromatic ring is 1. The Bertz CT molecular complexity index is 938. The van der Waals surface area contributed by atoms with Gasteiger partial charge >= 0.3 is 0 Å². The van der Waals surface area contributed by atoms with Gasteiger partial charge in [0, 0.05) is 43.6 Å². The predicted octanol–water partition coefficient (Wildman–Crippen LogP) is 1.82. The molecule has 1 aromatic carbocycles. The fourth-order valence-electron chi connectivity index (χ4n) is 3.14. The van der Waals surface area contributed by atoms with E-state index in [0.29, 0.717) is 30.1 Å². The van der Waals surface area contributed by atoms with Crippen LogP contribution < -0.4 is 10.6 Å². The molecule has 1 aliphatic rings. The van der Waals surface area contributed by atoms with Gasteiger partial charge in [0.1, 0.15) is 12.1 Å². The Balaban J connectivity index is 0.00000131. The van der Waals surface area contributed by atoms with Crippen LogP contribution in [0.1, 0.15) is 16.1 Å². The molecule has 3 heterocycles. The van der Waals surface area contributed by atoms with Crippen molar-refractivity contribution in [1.82, 2.24) is 24.5 Å². The average Bonchev–Trinajstić information content (AvgIpc) is 3.09. The first kappa shape index (κ1) is 20.7. The van der Waals surface area contributed by atoms with Crippen molar-refractivity contribution in [3.8, 4) is 0 Å². The third kappa shape index (κ3) is 3.91. The van der Waals surface area contributed by atoms with Gasteiger partial charge in [-0.15, -0.1) is 24.8 Å². The number of halogens is 2. The summed E-state index contributed by atoms with van der Waals surface area (Å²) in [5, 5.41) is 4.25. The number of fused-ring (bicyclic) bond motifs is 1. The van der Waals surface area contributed by atoms with Gasteiger partial charge in [-0.2, -0.15) is 14.6 Å². The quantitative estimate of drug-likeness (QED) is 0.648. The van der Waals surface area contributed by atoms with Crippen LogP contribution in [0.25, 0.3) is 5.78 Å². The Labute approximate surface area is 169 Å². The van der Waals surface area contributed by atoms with E-state index >= 15 is 0 Å². The Kier molecular flexibility index (Phi) is 6.45. The van der Waals surface area contributed by atoms with Gasteiger partial charge in [0.2, 0.25) is 0 Å². The lowest BCUT2D eigenvalue weighted by atomic mass is 10.1. The first-order chi connectivity index (χ1) is 12.1.